The van der Waals surface area contributed by atoms with Gasteiger partial charge in [-0.1, -0.05) is 50.7 Å². The van der Waals surface area contributed by atoms with Gasteiger partial charge < -0.3 is 5.73 Å². The Balaban J connectivity index is 2.50. The van der Waals surface area contributed by atoms with Crippen LogP contribution in [-0.4, -0.2) is 8.42 Å². The first-order valence-corrected chi connectivity index (χ1v) is 8.84. The molecule has 21 heavy (non-hydrogen) atoms. The summed E-state index contributed by atoms with van der Waals surface area (Å²) in [4.78, 5) is -0.0843. The molecule has 0 saturated heterocycles. The summed E-state index contributed by atoms with van der Waals surface area (Å²) in [6.07, 6.45) is 0. The molecule has 2 rings (SSSR count). The van der Waals surface area contributed by atoms with Crippen molar-refractivity contribution in [2.45, 2.75) is 4.90 Å². The second-order valence-electron chi connectivity index (χ2n) is 4.03. The Morgan fingerprint density at radius 2 is 1.62 bits per heavy atom. The second-order valence-corrected chi connectivity index (χ2v) is 7.85. The van der Waals surface area contributed by atoms with Crippen LogP contribution >= 0.6 is 50.7 Å². The molecule has 112 valence electrons. The van der Waals surface area contributed by atoms with Crippen LogP contribution < -0.4 is 10.5 Å². The van der Waals surface area contributed by atoms with Crippen molar-refractivity contribution in [3.63, 3.8) is 0 Å². The van der Waals surface area contributed by atoms with Gasteiger partial charge in [0, 0.05) is 9.50 Å². The highest BCUT2D eigenvalue weighted by Gasteiger charge is 2.21. The molecule has 0 bridgehead atoms. The zero-order valence-corrected chi connectivity index (χ0v) is 14.9. The molecule has 2 aromatic carbocycles. The van der Waals surface area contributed by atoms with Crippen LogP contribution in [0.3, 0.4) is 0 Å². The van der Waals surface area contributed by atoms with Crippen molar-refractivity contribution < 1.29 is 8.42 Å². The van der Waals surface area contributed by atoms with Crippen LogP contribution in [0.1, 0.15) is 0 Å². The SMILES string of the molecule is Nc1ccc(Br)cc1S(=O)(=O)Nc1c(Cl)cc(Cl)cc1Cl. The lowest BCUT2D eigenvalue weighted by molar-refractivity contribution is 0.601. The lowest BCUT2D eigenvalue weighted by atomic mass is 10.3. The van der Waals surface area contributed by atoms with E-state index in [2.05, 4.69) is 20.7 Å². The molecule has 0 fully saturated rings. The molecule has 0 aliphatic rings. The van der Waals surface area contributed by atoms with Crippen LogP contribution in [0.25, 0.3) is 0 Å². The first-order chi connectivity index (χ1) is 9.70. The Morgan fingerprint density at radius 1 is 1.05 bits per heavy atom. The van der Waals surface area contributed by atoms with Gasteiger partial charge in [0.2, 0.25) is 0 Å². The summed E-state index contributed by atoms with van der Waals surface area (Å²) in [7, 11) is -3.94. The van der Waals surface area contributed by atoms with E-state index in [4.69, 9.17) is 40.5 Å². The predicted octanol–water partition coefficient (Wildman–Crippen LogP) is 4.79. The third kappa shape index (κ3) is 3.76. The third-order valence-electron chi connectivity index (χ3n) is 2.51. The van der Waals surface area contributed by atoms with Crippen molar-refractivity contribution in [2.75, 3.05) is 10.5 Å². The number of nitrogens with two attached hydrogens (primary N) is 1. The number of rotatable bonds is 3. The highest BCUT2D eigenvalue weighted by atomic mass is 79.9. The number of anilines is 2. The molecule has 0 saturated carbocycles. The third-order valence-corrected chi connectivity index (χ3v) is 5.22. The first kappa shape index (κ1) is 16.7. The highest BCUT2D eigenvalue weighted by molar-refractivity contribution is 9.10. The molecular weight excluding hydrogens is 422 g/mol. The molecule has 0 radical (unpaired) electrons. The van der Waals surface area contributed by atoms with Crippen LogP contribution in [0, 0.1) is 0 Å². The standard InChI is InChI=1S/C12H8BrCl3N2O2S/c13-6-1-2-10(17)11(3-6)21(19,20)18-12-8(15)4-7(14)5-9(12)16/h1-5,18H,17H2. The van der Waals surface area contributed by atoms with Gasteiger partial charge in [-0.3, -0.25) is 4.72 Å². The molecule has 9 heteroatoms. The van der Waals surface area contributed by atoms with Crippen LogP contribution in [0.15, 0.2) is 39.7 Å². The van der Waals surface area contributed by atoms with E-state index in [1.54, 1.807) is 6.07 Å². The first-order valence-electron chi connectivity index (χ1n) is 5.43. The van der Waals surface area contributed by atoms with E-state index in [0.29, 0.717) is 9.50 Å². The summed E-state index contributed by atoms with van der Waals surface area (Å²) in [5, 5.41) is 0.476. The van der Waals surface area contributed by atoms with E-state index >= 15 is 0 Å². The predicted molar refractivity (Wildman–Crippen MR) is 90.8 cm³/mol. The zero-order valence-electron chi connectivity index (χ0n) is 10.2. The minimum Gasteiger partial charge on any atom is -0.398 e. The average Bonchev–Trinajstić information content (AvgIpc) is 2.36. The van der Waals surface area contributed by atoms with E-state index < -0.39 is 10.0 Å². The Bertz CT molecular complexity index is 789. The molecule has 0 aromatic heterocycles. The van der Waals surface area contributed by atoms with E-state index in [-0.39, 0.29) is 26.3 Å². The fourth-order valence-electron chi connectivity index (χ4n) is 1.57. The summed E-state index contributed by atoms with van der Waals surface area (Å²) in [6, 6.07) is 7.27. The van der Waals surface area contributed by atoms with Gasteiger partial charge in [0.15, 0.2) is 0 Å². The summed E-state index contributed by atoms with van der Waals surface area (Å²) in [5.41, 5.74) is 5.85. The lowest BCUT2D eigenvalue weighted by Crippen LogP contribution is -2.15. The van der Waals surface area contributed by atoms with Gasteiger partial charge in [-0.05, 0) is 30.3 Å². The molecule has 0 atom stereocenters. The Morgan fingerprint density at radius 3 is 2.19 bits per heavy atom. The van der Waals surface area contributed by atoms with Gasteiger partial charge in [0.1, 0.15) is 4.90 Å². The van der Waals surface area contributed by atoms with Crippen molar-refractivity contribution >= 4 is 72.1 Å². The van der Waals surface area contributed by atoms with Gasteiger partial charge in [0.05, 0.1) is 21.4 Å². The van der Waals surface area contributed by atoms with Crippen LogP contribution in [0.4, 0.5) is 11.4 Å². The number of hydrogen-bond donors (Lipinski definition) is 2. The van der Waals surface area contributed by atoms with Crippen molar-refractivity contribution in [2.24, 2.45) is 0 Å². The zero-order chi connectivity index (χ0) is 15.8. The molecule has 0 unspecified atom stereocenters. The highest BCUT2D eigenvalue weighted by Crippen LogP contribution is 2.36. The molecule has 4 nitrogen and oxygen atoms in total. The van der Waals surface area contributed by atoms with E-state index in [0.717, 1.165) is 0 Å². The number of nitrogen functional groups attached to an aromatic ring is 1. The molecule has 0 spiro atoms. The fraction of sp³-hybridized carbons (Fsp3) is 0. The number of hydrogen-bond acceptors (Lipinski definition) is 3. The summed E-state index contributed by atoms with van der Waals surface area (Å²) in [6.45, 7) is 0. The maximum absolute atomic E-state index is 12.4. The molecule has 0 aliphatic heterocycles. The molecule has 2 aromatic rings. The lowest BCUT2D eigenvalue weighted by Gasteiger charge is -2.13. The van der Waals surface area contributed by atoms with Gasteiger partial charge in [0.25, 0.3) is 10.0 Å². The molecule has 0 amide bonds. The summed E-state index contributed by atoms with van der Waals surface area (Å²) < 4.78 is 27.7. The van der Waals surface area contributed by atoms with Crippen molar-refractivity contribution in [3.8, 4) is 0 Å². The van der Waals surface area contributed by atoms with E-state index in [9.17, 15) is 8.42 Å². The summed E-state index contributed by atoms with van der Waals surface area (Å²) in [5.74, 6) is 0. The van der Waals surface area contributed by atoms with Gasteiger partial charge in [-0.25, -0.2) is 8.42 Å². The van der Waals surface area contributed by atoms with E-state index in [1.165, 1.54) is 24.3 Å². The second kappa shape index (κ2) is 6.22. The van der Waals surface area contributed by atoms with Crippen molar-refractivity contribution in [3.05, 3.63) is 49.9 Å². The normalized spacial score (nSPS) is 11.4. The van der Waals surface area contributed by atoms with Gasteiger partial charge in [-0.2, -0.15) is 0 Å². The average molecular weight is 431 g/mol. The van der Waals surface area contributed by atoms with Crippen molar-refractivity contribution in [1.29, 1.82) is 0 Å². The Kier molecular flexibility index (Phi) is 4.95. The summed E-state index contributed by atoms with van der Waals surface area (Å²) >= 11 is 20.9. The van der Waals surface area contributed by atoms with Crippen LogP contribution in [0.5, 0.6) is 0 Å². The molecule has 0 heterocycles. The number of sulfonamides is 1. The maximum Gasteiger partial charge on any atom is 0.264 e. The quantitative estimate of drug-likeness (QED) is 0.688. The minimum atomic E-state index is -3.94. The van der Waals surface area contributed by atoms with Gasteiger partial charge in [-0.15, -0.1) is 0 Å². The largest absolute Gasteiger partial charge is 0.398 e. The number of halogens is 4. The Labute approximate surface area is 145 Å². The monoisotopic (exact) mass is 428 g/mol. The maximum atomic E-state index is 12.4. The fourth-order valence-corrected chi connectivity index (χ4v) is 4.37. The van der Waals surface area contributed by atoms with Crippen LogP contribution in [0.2, 0.25) is 15.1 Å². The number of benzene rings is 2. The van der Waals surface area contributed by atoms with Crippen LogP contribution in [-0.2, 0) is 10.0 Å². The minimum absolute atomic E-state index is 0.0436. The van der Waals surface area contributed by atoms with Crippen molar-refractivity contribution in [1.82, 2.24) is 0 Å². The molecule has 0 aliphatic carbocycles. The van der Waals surface area contributed by atoms with Gasteiger partial charge >= 0.3 is 0 Å². The molecular formula is C12H8BrCl3N2O2S. The topological polar surface area (TPSA) is 72.2 Å². The smallest absolute Gasteiger partial charge is 0.264 e. The number of nitrogens with one attached hydrogen (secondary N) is 1. The Hall–Kier alpha value is -0.660. The van der Waals surface area contributed by atoms with E-state index in [1.807, 2.05) is 0 Å². The molecule has 3 N–H and O–H groups in total.